The van der Waals surface area contributed by atoms with Gasteiger partial charge in [-0.05, 0) is 19.4 Å². The quantitative estimate of drug-likeness (QED) is 0.376. The summed E-state index contributed by atoms with van der Waals surface area (Å²) in [6.07, 6.45) is 11.2. The van der Waals surface area contributed by atoms with Crippen molar-refractivity contribution in [3.8, 4) is 0 Å². The fourth-order valence-electron chi connectivity index (χ4n) is 2.33. The van der Waals surface area contributed by atoms with Gasteiger partial charge in [0.1, 0.15) is 6.04 Å². The summed E-state index contributed by atoms with van der Waals surface area (Å²) in [6.45, 7) is 3.07. The maximum absolute atomic E-state index is 11.4. The fourth-order valence-corrected chi connectivity index (χ4v) is 2.33. The molecule has 0 aromatic carbocycles. The van der Waals surface area contributed by atoms with Gasteiger partial charge in [-0.2, -0.15) is 0 Å². The molecule has 0 bridgehead atoms. The van der Waals surface area contributed by atoms with Gasteiger partial charge in [-0.1, -0.05) is 51.9 Å². The van der Waals surface area contributed by atoms with Crippen LogP contribution in [0.3, 0.4) is 0 Å². The number of nitrogens with one attached hydrogen (secondary N) is 1. The lowest BCUT2D eigenvalue weighted by Crippen LogP contribution is -2.43. The molecular weight excluding hydrogens is 242 g/mol. The van der Waals surface area contributed by atoms with E-state index >= 15 is 0 Å². The summed E-state index contributed by atoms with van der Waals surface area (Å²) in [5.74, 6) is -0.800. The molecule has 1 fully saturated rings. The Morgan fingerprint density at radius 2 is 1.68 bits per heavy atom. The zero-order valence-electron chi connectivity index (χ0n) is 12.1. The second-order valence-corrected chi connectivity index (χ2v) is 5.31. The van der Waals surface area contributed by atoms with Crippen LogP contribution >= 0.6 is 0 Å². The number of carbonyl (C=O) groups excluding carboxylic acids is 2. The van der Waals surface area contributed by atoms with Crippen LogP contribution < -0.4 is 5.32 Å². The summed E-state index contributed by atoms with van der Waals surface area (Å²) >= 11 is 0. The number of carbonyl (C=O) groups is 2. The average Bonchev–Trinajstić information content (AvgIpc) is 2.39. The van der Waals surface area contributed by atoms with Gasteiger partial charge in [0.2, 0.25) is 0 Å². The van der Waals surface area contributed by atoms with Crippen molar-refractivity contribution in [3.05, 3.63) is 0 Å². The highest BCUT2D eigenvalue weighted by atomic mass is 16.6. The third-order valence-electron chi connectivity index (χ3n) is 3.56. The van der Waals surface area contributed by atoms with Crippen molar-refractivity contribution in [2.45, 2.75) is 77.2 Å². The molecule has 0 aromatic heterocycles. The fraction of sp³-hybridized carbons (Fsp3) is 0.867. The van der Waals surface area contributed by atoms with Crippen LogP contribution in [0.25, 0.3) is 0 Å². The van der Waals surface area contributed by atoms with E-state index in [1.54, 1.807) is 0 Å². The first-order valence-electron chi connectivity index (χ1n) is 7.72. The Hall–Kier alpha value is -0.900. The molecule has 1 aliphatic rings. The van der Waals surface area contributed by atoms with Crippen LogP contribution in [0, 0.1) is 0 Å². The van der Waals surface area contributed by atoms with E-state index in [0.29, 0.717) is 12.8 Å². The average molecular weight is 269 g/mol. The molecule has 1 heterocycles. The van der Waals surface area contributed by atoms with Gasteiger partial charge in [0.15, 0.2) is 0 Å². The van der Waals surface area contributed by atoms with Crippen molar-refractivity contribution in [2.24, 2.45) is 0 Å². The summed E-state index contributed by atoms with van der Waals surface area (Å²) in [5, 5.41) is 3.18. The Bertz CT molecular complexity index is 279. The van der Waals surface area contributed by atoms with E-state index in [1.807, 2.05) is 0 Å². The molecule has 19 heavy (non-hydrogen) atoms. The summed E-state index contributed by atoms with van der Waals surface area (Å²) in [5.41, 5.74) is 0. The maximum Gasteiger partial charge on any atom is 0.330 e. The Morgan fingerprint density at radius 3 is 2.32 bits per heavy atom. The molecule has 1 aliphatic heterocycles. The minimum absolute atomic E-state index is 0.276. The lowest BCUT2D eigenvalue weighted by molar-refractivity contribution is -0.165. The summed E-state index contributed by atoms with van der Waals surface area (Å²) in [7, 11) is 0. The van der Waals surface area contributed by atoms with Gasteiger partial charge < -0.3 is 10.1 Å². The zero-order valence-corrected chi connectivity index (χ0v) is 12.1. The third-order valence-corrected chi connectivity index (χ3v) is 3.56. The summed E-state index contributed by atoms with van der Waals surface area (Å²) in [4.78, 5) is 22.2. The maximum atomic E-state index is 11.4. The molecule has 4 heteroatoms. The monoisotopic (exact) mass is 269 g/mol. The highest BCUT2D eigenvalue weighted by molar-refractivity contribution is 5.91. The van der Waals surface area contributed by atoms with E-state index in [4.69, 9.17) is 0 Å². The first kappa shape index (κ1) is 16.2. The van der Waals surface area contributed by atoms with E-state index in [2.05, 4.69) is 17.0 Å². The topological polar surface area (TPSA) is 55.4 Å². The molecule has 1 atom stereocenters. The smallest absolute Gasteiger partial charge is 0.330 e. The molecule has 0 amide bonds. The minimum Gasteiger partial charge on any atom is -0.392 e. The Balaban J connectivity index is 1.90. The molecule has 110 valence electrons. The second-order valence-electron chi connectivity index (χ2n) is 5.31. The highest BCUT2D eigenvalue weighted by Crippen LogP contribution is 2.10. The molecule has 0 spiro atoms. The zero-order chi connectivity index (χ0) is 13.9. The van der Waals surface area contributed by atoms with E-state index in [-0.39, 0.29) is 6.04 Å². The van der Waals surface area contributed by atoms with Crippen LogP contribution in [0.2, 0.25) is 0 Å². The van der Waals surface area contributed by atoms with Gasteiger partial charge in [-0.3, -0.25) is 4.79 Å². The van der Waals surface area contributed by atoms with Crippen LogP contribution in [-0.2, 0) is 14.3 Å². The molecular formula is C15H27NO3. The predicted molar refractivity (Wildman–Crippen MR) is 74.7 cm³/mol. The highest BCUT2D eigenvalue weighted by Gasteiger charge is 2.27. The SMILES string of the molecule is CCCCCCCCCCN[C@H]1CCC(=O)OC1=O. The molecule has 0 aliphatic carbocycles. The van der Waals surface area contributed by atoms with Crippen molar-refractivity contribution < 1.29 is 14.3 Å². The second kappa shape index (κ2) is 9.96. The lowest BCUT2D eigenvalue weighted by atomic mass is 10.1. The van der Waals surface area contributed by atoms with Crippen molar-refractivity contribution in [3.63, 3.8) is 0 Å². The Morgan fingerprint density at radius 1 is 1.05 bits per heavy atom. The first-order chi connectivity index (χ1) is 9.24. The summed E-state index contributed by atoms with van der Waals surface area (Å²) in [6, 6.07) is -0.276. The Kier molecular flexibility index (Phi) is 8.47. The van der Waals surface area contributed by atoms with Crippen LogP contribution in [0.5, 0.6) is 0 Å². The van der Waals surface area contributed by atoms with E-state index in [1.165, 1.54) is 44.9 Å². The molecule has 0 saturated carbocycles. The summed E-state index contributed by atoms with van der Waals surface area (Å²) < 4.78 is 4.59. The van der Waals surface area contributed by atoms with Gasteiger partial charge >= 0.3 is 11.9 Å². The minimum atomic E-state index is -0.407. The van der Waals surface area contributed by atoms with Gasteiger partial charge in [0, 0.05) is 6.42 Å². The number of hydrogen-bond donors (Lipinski definition) is 1. The number of esters is 2. The molecule has 4 nitrogen and oxygen atoms in total. The van der Waals surface area contributed by atoms with Gasteiger partial charge in [0.25, 0.3) is 0 Å². The van der Waals surface area contributed by atoms with Crippen molar-refractivity contribution in [2.75, 3.05) is 6.54 Å². The lowest BCUT2D eigenvalue weighted by Gasteiger charge is -2.20. The number of rotatable bonds is 10. The molecule has 0 radical (unpaired) electrons. The molecule has 1 saturated heterocycles. The van der Waals surface area contributed by atoms with E-state index in [0.717, 1.165) is 13.0 Å². The van der Waals surface area contributed by atoms with Crippen molar-refractivity contribution >= 4 is 11.9 Å². The van der Waals surface area contributed by atoms with Gasteiger partial charge in [0.05, 0.1) is 0 Å². The molecule has 0 unspecified atom stereocenters. The number of ether oxygens (including phenoxy) is 1. The number of unbranched alkanes of at least 4 members (excludes halogenated alkanes) is 7. The predicted octanol–water partition coefficient (Wildman–Crippen LogP) is 2.95. The van der Waals surface area contributed by atoms with Crippen LogP contribution in [0.4, 0.5) is 0 Å². The largest absolute Gasteiger partial charge is 0.392 e. The normalized spacial score (nSPS) is 19.5. The van der Waals surface area contributed by atoms with Crippen LogP contribution in [-0.4, -0.2) is 24.5 Å². The van der Waals surface area contributed by atoms with Crippen LogP contribution in [0.15, 0.2) is 0 Å². The number of hydrogen-bond acceptors (Lipinski definition) is 4. The number of cyclic esters (lactones) is 2. The van der Waals surface area contributed by atoms with Gasteiger partial charge in [-0.25, -0.2) is 4.79 Å². The van der Waals surface area contributed by atoms with E-state index in [9.17, 15) is 9.59 Å². The van der Waals surface area contributed by atoms with Crippen LogP contribution in [0.1, 0.15) is 71.1 Å². The first-order valence-corrected chi connectivity index (χ1v) is 7.72. The third kappa shape index (κ3) is 7.31. The van der Waals surface area contributed by atoms with Crippen molar-refractivity contribution in [1.82, 2.24) is 5.32 Å². The molecule has 0 aromatic rings. The van der Waals surface area contributed by atoms with E-state index < -0.39 is 11.9 Å². The molecule has 1 N–H and O–H groups in total. The van der Waals surface area contributed by atoms with Gasteiger partial charge in [-0.15, -0.1) is 0 Å². The Labute approximate surface area is 116 Å². The molecule has 1 rings (SSSR count). The standard InChI is InChI=1S/C15H27NO3/c1-2-3-4-5-6-7-8-9-12-16-13-10-11-14(17)19-15(13)18/h13,16H,2-12H2,1H3/t13-/m0/s1. The van der Waals surface area contributed by atoms with Crippen molar-refractivity contribution in [1.29, 1.82) is 0 Å².